The number of nitrogen functional groups attached to an aromatic ring is 1. The van der Waals surface area contributed by atoms with Gasteiger partial charge < -0.3 is 5.73 Å². The molecule has 2 heterocycles. The van der Waals surface area contributed by atoms with Crippen molar-refractivity contribution in [3.05, 3.63) is 37.9 Å². The first kappa shape index (κ1) is 15.4. The van der Waals surface area contributed by atoms with Gasteiger partial charge in [0.25, 0.3) is 5.69 Å². The summed E-state index contributed by atoms with van der Waals surface area (Å²) in [6.45, 7) is 1.72. The van der Waals surface area contributed by atoms with Crippen LogP contribution in [0.15, 0.2) is 6.07 Å². The average molecular weight is 328 g/mol. The molecular weight excluding hydrogens is 312 g/mol. The lowest BCUT2D eigenvalue weighted by Gasteiger charge is -2.14. The third-order valence-corrected chi connectivity index (χ3v) is 5.26. The molecule has 0 unspecified atom stereocenters. The molecule has 0 radical (unpaired) electrons. The standard InChI is InChI=1S/C16H16N4O2S/c1-9-13(20(21)22)7-14(23-9)15-10-5-3-2-4-6-12(10)19-16(18)11(15)8-17/h7H,2-6H2,1H3,(H2,18,19). The molecule has 0 saturated heterocycles. The molecule has 2 aromatic heterocycles. The first-order valence-electron chi connectivity index (χ1n) is 7.49. The van der Waals surface area contributed by atoms with Crippen LogP contribution in [0, 0.1) is 28.4 Å². The van der Waals surface area contributed by atoms with Gasteiger partial charge in [-0.05, 0) is 38.2 Å². The Morgan fingerprint density at radius 2 is 2.13 bits per heavy atom. The summed E-state index contributed by atoms with van der Waals surface area (Å²) in [5.41, 5.74) is 9.12. The number of rotatable bonds is 2. The third kappa shape index (κ3) is 2.66. The molecule has 23 heavy (non-hydrogen) atoms. The zero-order chi connectivity index (χ0) is 16.6. The van der Waals surface area contributed by atoms with Crippen LogP contribution in [-0.4, -0.2) is 9.91 Å². The zero-order valence-corrected chi connectivity index (χ0v) is 13.6. The number of anilines is 1. The van der Waals surface area contributed by atoms with Crippen LogP contribution in [0.4, 0.5) is 11.5 Å². The first-order chi connectivity index (χ1) is 11.0. The van der Waals surface area contributed by atoms with Crippen molar-refractivity contribution in [2.75, 3.05) is 5.73 Å². The highest BCUT2D eigenvalue weighted by atomic mass is 32.1. The van der Waals surface area contributed by atoms with Gasteiger partial charge in [0.1, 0.15) is 17.5 Å². The van der Waals surface area contributed by atoms with Gasteiger partial charge in [0.05, 0.1) is 9.80 Å². The van der Waals surface area contributed by atoms with Crippen molar-refractivity contribution in [2.24, 2.45) is 0 Å². The number of nitriles is 1. The van der Waals surface area contributed by atoms with Gasteiger partial charge in [-0.2, -0.15) is 5.26 Å². The summed E-state index contributed by atoms with van der Waals surface area (Å²) in [6, 6.07) is 3.70. The molecule has 0 amide bonds. The van der Waals surface area contributed by atoms with Crippen molar-refractivity contribution in [3.8, 4) is 16.5 Å². The summed E-state index contributed by atoms with van der Waals surface area (Å²) in [5.74, 6) is 0.219. The van der Waals surface area contributed by atoms with Gasteiger partial charge in [-0.1, -0.05) is 6.42 Å². The van der Waals surface area contributed by atoms with Gasteiger partial charge in [0.15, 0.2) is 0 Å². The Bertz CT molecular complexity index is 836. The monoisotopic (exact) mass is 328 g/mol. The van der Waals surface area contributed by atoms with Crippen molar-refractivity contribution in [1.82, 2.24) is 4.98 Å². The molecule has 1 aliphatic rings. The summed E-state index contributed by atoms with van der Waals surface area (Å²) in [4.78, 5) is 16.5. The van der Waals surface area contributed by atoms with Crippen molar-refractivity contribution in [3.63, 3.8) is 0 Å². The van der Waals surface area contributed by atoms with Gasteiger partial charge >= 0.3 is 0 Å². The highest BCUT2D eigenvalue weighted by molar-refractivity contribution is 7.16. The number of hydrogen-bond acceptors (Lipinski definition) is 6. The first-order valence-corrected chi connectivity index (χ1v) is 8.31. The molecule has 0 aliphatic heterocycles. The molecule has 7 heteroatoms. The van der Waals surface area contributed by atoms with Crippen LogP contribution >= 0.6 is 11.3 Å². The fourth-order valence-electron chi connectivity index (χ4n) is 3.10. The van der Waals surface area contributed by atoms with Gasteiger partial charge in [0, 0.05) is 22.2 Å². The average Bonchev–Trinajstić information content (AvgIpc) is 2.74. The van der Waals surface area contributed by atoms with Crippen LogP contribution in [0.2, 0.25) is 0 Å². The van der Waals surface area contributed by atoms with Crippen LogP contribution in [-0.2, 0) is 12.8 Å². The molecule has 0 fully saturated rings. The van der Waals surface area contributed by atoms with E-state index in [0.29, 0.717) is 10.4 Å². The number of pyridine rings is 1. The molecule has 0 saturated carbocycles. The predicted octanol–water partition coefficient (Wildman–Crippen LogP) is 3.75. The Morgan fingerprint density at radius 1 is 1.39 bits per heavy atom. The summed E-state index contributed by atoms with van der Waals surface area (Å²) in [5, 5.41) is 20.7. The van der Waals surface area contributed by atoms with Gasteiger partial charge in [-0.3, -0.25) is 10.1 Å². The van der Waals surface area contributed by atoms with Crippen LogP contribution in [0.25, 0.3) is 10.4 Å². The number of nitro groups is 1. The van der Waals surface area contributed by atoms with Crippen LogP contribution in [0.1, 0.15) is 41.0 Å². The number of hydrogen-bond donors (Lipinski definition) is 1. The highest BCUT2D eigenvalue weighted by Crippen LogP contribution is 2.41. The summed E-state index contributed by atoms with van der Waals surface area (Å²) in [6.07, 6.45) is 4.86. The second kappa shape index (κ2) is 5.97. The Morgan fingerprint density at radius 3 is 2.78 bits per heavy atom. The number of nitrogens with zero attached hydrogens (tertiary/aromatic N) is 3. The lowest BCUT2D eigenvalue weighted by Crippen LogP contribution is -2.06. The van der Waals surface area contributed by atoms with Gasteiger partial charge in [-0.15, -0.1) is 11.3 Å². The zero-order valence-electron chi connectivity index (χ0n) is 12.8. The molecule has 0 aromatic carbocycles. The van der Waals surface area contributed by atoms with E-state index in [2.05, 4.69) is 11.1 Å². The minimum Gasteiger partial charge on any atom is -0.383 e. The maximum Gasteiger partial charge on any atom is 0.283 e. The van der Waals surface area contributed by atoms with Crippen molar-refractivity contribution in [2.45, 2.75) is 39.0 Å². The van der Waals surface area contributed by atoms with E-state index in [9.17, 15) is 15.4 Å². The normalized spacial score (nSPS) is 13.9. The number of thiophene rings is 1. The van der Waals surface area contributed by atoms with E-state index in [4.69, 9.17) is 5.73 Å². The molecule has 0 spiro atoms. The number of nitrogens with two attached hydrogens (primary N) is 1. The van der Waals surface area contributed by atoms with Crippen LogP contribution in [0.3, 0.4) is 0 Å². The van der Waals surface area contributed by atoms with E-state index in [1.807, 2.05) is 0 Å². The number of aryl methyl sites for hydroxylation is 2. The molecule has 0 bridgehead atoms. The van der Waals surface area contributed by atoms with Crippen molar-refractivity contribution < 1.29 is 4.92 Å². The van der Waals surface area contributed by atoms with E-state index >= 15 is 0 Å². The van der Waals surface area contributed by atoms with Crippen molar-refractivity contribution in [1.29, 1.82) is 5.26 Å². The second-order valence-corrected chi connectivity index (χ2v) is 6.91. The summed E-state index contributed by atoms with van der Waals surface area (Å²) >= 11 is 1.34. The lowest BCUT2D eigenvalue weighted by molar-refractivity contribution is -0.385. The Kier molecular flexibility index (Phi) is 4.01. The SMILES string of the molecule is Cc1sc(-c2c(C#N)c(N)nc3c2CCCCC3)cc1[N+](=O)[O-]. The fraction of sp³-hybridized carbons (Fsp3) is 0.375. The predicted molar refractivity (Wildman–Crippen MR) is 89.3 cm³/mol. The minimum absolute atomic E-state index is 0.0895. The largest absolute Gasteiger partial charge is 0.383 e. The maximum atomic E-state index is 11.1. The topological polar surface area (TPSA) is 106 Å². The molecule has 118 valence electrons. The minimum atomic E-state index is -0.384. The molecule has 0 atom stereocenters. The van der Waals surface area contributed by atoms with E-state index in [1.165, 1.54) is 11.3 Å². The molecule has 2 N–H and O–H groups in total. The van der Waals surface area contributed by atoms with E-state index < -0.39 is 0 Å². The van der Waals surface area contributed by atoms with E-state index in [0.717, 1.165) is 53.8 Å². The highest BCUT2D eigenvalue weighted by Gasteiger charge is 2.25. The quantitative estimate of drug-likeness (QED) is 0.513. The van der Waals surface area contributed by atoms with E-state index in [1.54, 1.807) is 13.0 Å². The van der Waals surface area contributed by atoms with E-state index in [-0.39, 0.29) is 16.4 Å². The maximum absolute atomic E-state index is 11.1. The lowest BCUT2D eigenvalue weighted by atomic mass is 9.96. The molecule has 1 aliphatic carbocycles. The Balaban J connectivity index is 2.29. The van der Waals surface area contributed by atoms with Crippen molar-refractivity contribution >= 4 is 22.8 Å². The summed E-state index contributed by atoms with van der Waals surface area (Å²) in [7, 11) is 0. The molecule has 6 nitrogen and oxygen atoms in total. The smallest absolute Gasteiger partial charge is 0.283 e. The second-order valence-electron chi connectivity index (χ2n) is 5.65. The fourth-order valence-corrected chi connectivity index (χ4v) is 4.17. The Hall–Kier alpha value is -2.46. The molecular formula is C16H16N4O2S. The van der Waals surface area contributed by atoms with Crippen LogP contribution in [0.5, 0.6) is 0 Å². The molecule has 3 rings (SSSR count). The number of aromatic nitrogens is 1. The van der Waals surface area contributed by atoms with Gasteiger partial charge in [-0.25, -0.2) is 4.98 Å². The van der Waals surface area contributed by atoms with Crippen LogP contribution < -0.4 is 5.73 Å². The van der Waals surface area contributed by atoms with Gasteiger partial charge in [0.2, 0.25) is 0 Å². The third-order valence-electron chi connectivity index (χ3n) is 4.20. The summed E-state index contributed by atoms with van der Waals surface area (Å²) < 4.78 is 0. The number of fused-ring (bicyclic) bond motifs is 1. The Labute approximate surface area is 137 Å². The molecule has 2 aromatic rings.